The number of ether oxygens (including phenoxy) is 1. The molecule has 0 aromatic rings. The number of amides is 3. The number of carbonyl (C=O) groups is 3. The van der Waals surface area contributed by atoms with Gasteiger partial charge in [0.1, 0.15) is 6.04 Å². The van der Waals surface area contributed by atoms with Gasteiger partial charge in [0.15, 0.2) is 0 Å². The summed E-state index contributed by atoms with van der Waals surface area (Å²) in [5, 5.41) is 19.5. The highest BCUT2D eigenvalue weighted by Gasteiger charge is 2.51. The lowest BCUT2D eigenvalue weighted by Crippen LogP contribution is -2.60. The highest BCUT2D eigenvalue weighted by molar-refractivity contribution is 5.86. The largest absolute Gasteiger partial charge is 0.465 e. The van der Waals surface area contributed by atoms with E-state index in [1.54, 1.807) is 23.8 Å². The Balaban J connectivity index is 1.55. The van der Waals surface area contributed by atoms with Crippen molar-refractivity contribution in [2.24, 2.45) is 5.41 Å². The number of carbonyl (C=O) groups excluding carboxylic acids is 2. The van der Waals surface area contributed by atoms with Crippen LogP contribution in [0.2, 0.25) is 0 Å². The van der Waals surface area contributed by atoms with Gasteiger partial charge in [-0.15, -0.1) is 0 Å². The maximum Gasteiger partial charge on any atom is 0.408 e. The SMILES string of the molecule is COC[C@H](CCC(=O)N1CCC2(CC2)[C@H](O)C1)N1CCN(C(=O)O)[C@@H](C)C1=O. The molecule has 0 bridgehead atoms. The fourth-order valence-electron chi connectivity index (χ4n) is 4.47. The number of carboxylic acid groups (broad SMARTS) is 1. The van der Waals surface area contributed by atoms with Crippen LogP contribution in [0.3, 0.4) is 0 Å². The Morgan fingerprint density at radius 2 is 1.96 bits per heavy atom. The van der Waals surface area contributed by atoms with Gasteiger partial charge in [-0.05, 0) is 38.0 Å². The number of methoxy groups -OCH3 is 1. The van der Waals surface area contributed by atoms with Crippen molar-refractivity contribution in [2.45, 2.75) is 57.2 Å². The highest BCUT2D eigenvalue weighted by Crippen LogP contribution is 2.53. The van der Waals surface area contributed by atoms with E-state index in [2.05, 4.69) is 0 Å². The second-order valence-corrected chi connectivity index (χ2v) is 8.30. The molecule has 1 saturated carbocycles. The summed E-state index contributed by atoms with van der Waals surface area (Å²) in [6, 6.07) is -1.02. The van der Waals surface area contributed by atoms with E-state index in [0.717, 1.165) is 24.2 Å². The number of β-amino-alcohol motifs (C(OH)–C–C–N with tert-alkyl or cyclic N) is 1. The lowest BCUT2D eigenvalue weighted by Gasteiger charge is -2.41. The number of aliphatic hydroxyl groups is 1. The number of piperidine rings is 1. The monoisotopic (exact) mass is 397 g/mol. The van der Waals surface area contributed by atoms with Gasteiger partial charge in [0.25, 0.3) is 0 Å². The zero-order chi connectivity index (χ0) is 20.5. The molecule has 3 rings (SSSR count). The number of rotatable bonds is 6. The first kappa shape index (κ1) is 20.9. The Bertz CT molecular complexity index is 623. The molecule has 1 spiro atoms. The van der Waals surface area contributed by atoms with Crippen LogP contribution in [0.1, 0.15) is 39.0 Å². The van der Waals surface area contributed by atoms with Gasteiger partial charge in [-0.2, -0.15) is 0 Å². The first-order chi connectivity index (χ1) is 13.3. The predicted molar refractivity (Wildman–Crippen MR) is 99.7 cm³/mol. The topological polar surface area (TPSA) is 111 Å². The van der Waals surface area contributed by atoms with Crippen molar-refractivity contribution in [1.82, 2.24) is 14.7 Å². The van der Waals surface area contributed by atoms with Gasteiger partial charge in [0.2, 0.25) is 11.8 Å². The molecule has 0 unspecified atom stereocenters. The molecule has 3 atom stereocenters. The van der Waals surface area contributed by atoms with Crippen molar-refractivity contribution >= 4 is 17.9 Å². The van der Waals surface area contributed by atoms with Crippen LogP contribution in [0.15, 0.2) is 0 Å². The van der Waals surface area contributed by atoms with Crippen LogP contribution >= 0.6 is 0 Å². The van der Waals surface area contributed by atoms with Crippen LogP contribution in [0.25, 0.3) is 0 Å². The maximum absolute atomic E-state index is 12.7. The molecule has 158 valence electrons. The van der Waals surface area contributed by atoms with Gasteiger partial charge in [-0.3, -0.25) is 14.5 Å². The normalized spacial score (nSPS) is 27.8. The van der Waals surface area contributed by atoms with Gasteiger partial charge in [-0.25, -0.2) is 4.79 Å². The molecule has 2 heterocycles. The third-order valence-corrected chi connectivity index (χ3v) is 6.65. The van der Waals surface area contributed by atoms with Crippen LogP contribution in [0, 0.1) is 5.41 Å². The minimum atomic E-state index is -1.10. The van der Waals surface area contributed by atoms with Gasteiger partial charge in [0.05, 0.1) is 18.8 Å². The van der Waals surface area contributed by atoms with Gasteiger partial charge in [-0.1, -0.05) is 0 Å². The summed E-state index contributed by atoms with van der Waals surface area (Å²) in [4.78, 5) is 41.0. The van der Waals surface area contributed by atoms with Crippen LogP contribution in [0.5, 0.6) is 0 Å². The molecule has 0 aromatic carbocycles. The molecule has 2 aliphatic heterocycles. The summed E-state index contributed by atoms with van der Waals surface area (Å²) >= 11 is 0. The first-order valence-electron chi connectivity index (χ1n) is 10.0. The summed E-state index contributed by atoms with van der Waals surface area (Å²) in [6.45, 7) is 3.49. The number of likely N-dealkylation sites (tertiary alicyclic amines) is 1. The summed E-state index contributed by atoms with van der Waals surface area (Å²) in [5.74, 6) is -0.271. The van der Waals surface area contributed by atoms with Crippen LogP contribution in [-0.2, 0) is 14.3 Å². The van der Waals surface area contributed by atoms with Crippen LogP contribution < -0.4 is 0 Å². The summed E-state index contributed by atoms with van der Waals surface area (Å²) in [5.41, 5.74) is 0.0573. The minimum absolute atomic E-state index is 0.0136. The molecule has 3 amide bonds. The molecule has 0 radical (unpaired) electrons. The molecule has 3 fully saturated rings. The lowest BCUT2D eigenvalue weighted by atomic mass is 9.90. The Hall–Kier alpha value is -1.87. The van der Waals surface area contributed by atoms with Crippen molar-refractivity contribution < 1.29 is 29.3 Å². The fraction of sp³-hybridized carbons (Fsp3) is 0.842. The molecule has 1 aliphatic carbocycles. The van der Waals surface area contributed by atoms with Gasteiger partial charge < -0.3 is 24.7 Å². The Morgan fingerprint density at radius 1 is 1.25 bits per heavy atom. The molecule has 0 aromatic heterocycles. The quantitative estimate of drug-likeness (QED) is 0.670. The molecule has 2 N–H and O–H groups in total. The fourth-order valence-corrected chi connectivity index (χ4v) is 4.47. The predicted octanol–water partition coefficient (Wildman–Crippen LogP) is 0.366. The number of aliphatic hydroxyl groups excluding tert-OH is 1. The Kier molecular flexibility index (Phi) is 6.14. The molecular weight excluding hydrogens is 366 g/mol. The van der Waals surface area contributed by atoms with Gasteiger partial charge in [0, 0.05) is 39.7 Å². The van der Waals surface area contributed by atoms with E-state index in [4.69, 9.17) is 4.74 Å². The zero-order valence-electron chi connectivity index (χ0n) is 16.7. The standard InChI is InChI=1S/C19H31N3O6/c1-13-17(25)22(10-9-21(13)18(26)27)14(12-28-2)3-4-16(24)20-8-7-19(5-6-19)15(23)11-20/h13-15,23H,3-12H2,1-2H3,(H,26,27)/t13-,14-,15+/m0/s1. The molecule has 2 saturated heterocycles. The van der Waals surface area contributed by atoms with Crippen molar-refractivity contribution in [3.63, 3.8) is 0 Å². The summed E-state index contributed by atoms with van der Waals surface area (Å²) in [6.07, 6.45) is 2.14. The molecule has 28 heavy (non-hydrogen) atoms. The van der Waals surface area contributed by atoms with Gasteiger partial charge >= 0.3 is 6.09 Å². The number of hydrogen-bond donors (Lipinski definition) is 2. The van der Waals surface area contributed by atoms with Crippen molar-refractivity contribution in [3.8, 4) is 0 Å². The maximum atomic E-state index is 12.7. The van der Waals surface area contributed by atoms with E-state index in [-0.39, 0.29) is 36.2 Å². The van der Waals surface area contributed by atoms with E-state index < -0.39 is 18.2 Å². The molecular formula is C19H31N3O6. The highest BCUT2D eigenvalue weighted by atomic mass is 16.5. The third kappa shape index (κ3) is 4.10. The number of piperazine rings is 1. The van der Waals surface area contributed by atoms with E-state index in [0.29, 0.717) is 32.7 Å². The van der Waals surface area contributed by atoms with Crippen molar-refractivity contribution in [3.05, 3.63) is 0 Å². The van der Waals surface area contributed by atoms with Crippen molar-refractivity contribution in [1.29, 1.82) is 0 Å². The Labute approximate surface area is 165 Å². The molecule has 9 nitrogen and oxygen atoms in total. The average molecular weight is 397 g/mol. The van der Waals surface area contributed by atoms with E-state index in [9.17, 15) is 24.6 Å². The number of hydrogen-bond acceptors (Lipinski definition) is 5. The minimum Gasteiger partial charge on any atom is -0.465 e. The number of nitrogens with zero attached hydrogens (tertiary/aromatic N) is 3. The van der Waals surface area contributed by atoms with E-state index >= 15 is 0 Å². The van der Waals surface area contributed by atoms with Crippen LogP contribution in [0.4, 0.5) is 4.79 Å². The van der Waals surface area contributed by atoms with E-state index in [1.165, 1.54) is 0 Å². The summed E-state index contributed by atoms with van der Waals surface area (Å²) < 4.78 is 5.26. The second-order valence-electron chi connectivity index (χ2n) is 8.30. The summed E-state index contributed by atoms with van der Waals surface area (Å²) in [7, 11) is 1.55. The van der Waals surface area contributed by atoms with E-state index in [1.807, 2.05) is 0 Å². The molecule has 9 heteroatoms. The second kappa shape index (κ2) is 8.24. The van der Waals surface area contributed by atoms with Crippen LogP contribution in [-0.4, -0.2) is 101 Å². The lowest BCUT2D eigenvalue weighted by molar-refractivity contribution is -0.145. The smallest absolute Gasteiger partial charge is 0.408 e. The average Bonchev–Trinajstić information content (AvgIpc) is 3.44. The Morgan fingerprint density at radius 3 is 2.54 bits per heavy atom. The van der Waals surface area contributed by atoms with Crippen molar-refractivity contribution in [2.75, 3.05) is 39.9 Å². The third-order valence-electron chi connectivity index (χ3n) is 6.65. The molecule has 3 aliphatic rings. The zero-order valence-corrected chi connectivity index (χ0v) is 16.7. The first-order valence-corrected chi connectivity index (χ1v) is 10.0.